The van der Waals surface area contributed by atoms with Crippen LogP contribution in [0.3, 0.4) is 0 Å². The van der Waals surface area contributed by atoms with Crippen molar-refractivity contribution in [2.75, 3.05) is 49.6 Å². The van der Waals surface area contributed by atoms with Crippen LogP contribution in [0.2, 0.25) is 0 Å². The number of likely N-dealkylation sites (N-methyl/N-ethyl adjacent to an activating group) is 1. The number of nitrogens with zero attached hydrogens (tertiary/aromatic N) is 7. The molecule has 0 atom stereocenters. The number of anilines is 3. The summed E-state index contributed by atoms with van der Waals surface area (Å²) in [5.41, 5.74) is 7.77. The van der Waals surface area contributed by atoms with E-state index < -0.39 is 0 Å². The van der Waals surface area contributed by atoms with Gasteiger partial charge in [-0.05, 0) is 49.9 Å². The number of aromatic nitrogens is 3. The number of rotatable bonds is 6. The molecular weight excluding hydrogens is 465 g/mol. The Balaban J connectivity index is 1.55. The summed E-state index contributed by atoms with van der Waals surface area (Å²) < 4.78 is 2.23. The van der Waals surface area contributed by atoms with Crippen molar-refractivity contribution in [1.82, 2.24) is 19.3 Å². The lowest BCUT2D eigenvalue weighted by Crippen LogP contribution is -2.46. The number of fused-ring (bicyclic) bond motifs is 1. The highest BCUT2D eigenvalue weighted by molar-refractivity contribution is 7.16. The Morgan fingerprint density at radius 2 is 1.92 bits per heavy atom. The van der Waals surface area contributed by atoms with Crippen LogP contribution in [0.1, 0.15) is 48.5 Å². The summed E-state index contributed by atoms with van der Waals surface area (Å²) in [5.74, 6) is 1.03. The molecule has 7 nitrogen and oxygen atoms in total. The molecule has 0 saturated carbocycles. The third kappa shape index (κ3) is 4.44. The molecule has 0 unspecified atom stereocenters. The van der Waals surface area contributed by atoms with Gasteiger partial charge < -0.3 is 14.7 Å². The van der Waals surface area contributed by atoms with E-state index in [-0.39, 0.29) is 0 Å². The zero-order valence-electron chi connectivity index (χ0n) is 22.0. The molecule has 4 heterocycles. The Bertz CT molecular complexity index is 1390. The number of imidazole rings is 1. The number of aryl methyl sites for hydroxylation is 2. The molecule has 36 heavy (non-hydrogen) atoms. The fraction of sp³-hybridized carbons (Fsp3) is 0.444. The van der Waals surface area contributed by atoms with Crippen molar-refractivity contribution in [3.8, 4) is 6.07 Å². The van der Waals surface area contributed by atoms with Crippen molar-refractivity contribution < 1.29 is 0 Å². The van der Waals surface area contributed by atoms with Gasteiger partial charge in [0.05, 0.1) is 17.1 Å². The fourth-order valence-corrected chi connectivity index (χ4v) is 6.05. The molecule has 3 aromatic heterocycles. The second kappa shape index (κ2) is 10.1. The Kier molecular flexibility index (Phi) is 6.91. The molecule has 1 saturated heterocycles. The maximum absolute atomic E-state index is 9.89. The van der Waals surface area contributed by atoms with E-state index in [1.807, 2.05) is 7.05 Å². The molecular formula is C27H34BN7S. The molecule has 3 aromatic rings. The van der Waals surface area contributed by atoms with Gasteiger partial charge in [-0.25, -0.2) is 9.97 Å². The Hall–Kier alpha value is -3.09. The van der Waals surface area contributed by atoms with Gasteiger partial charge in [-0.3, -0.25) is 4.40 Å². The Morgan fingerprint density at radius 1 is 1.14 bits per heavy atom. The third-order valence-electron chi connectivity index (χ3n) is 7.44. The summed E-state index contributed by atoms with van der Waals surface area (Å²) in [6.45, 7) is 11.9. The highest BCUT2D eigenvalue weighted by Gasteiger charge is 2.24. The van der Waals surface area contributed by atoms with E-state index in [0.29, 0.717) is 4.88 Å². The van der Waals surface area contributed by atoms with Crippen LogP contribution in [0.15, 0.2) is 29.9 Å². The van der Waals surface area contributed by atoms with Crippen LogP contribution in [-0.4, -0.2) is 66.9 Å². The SMILES string of the molecule is BC1=CC=C(c2nc(N(C)c3c(CC)nc4c(C)cc(N5CCN(CC)CC5)cn34)sc2C#N)CC1. The first-order chi connectivity index (χ1) is 17.4. The van der Waals surface area contributed by atoms with Gasteiger partial charge in [0, 0.05) is 39.4 Å². The quantitative estimate of drug-likeness (QED) is 0.475. The molecule has 1 aliphatic heterocycles. The smallest absolute Gasteiger partial charge is 0.192 e. The molecule has 0 aromatic carbocycles. The van der Waals surface area contributed by atoms with E-state index in [1.54, 1.807) is 0 Å². The number of nitriles is 1. The average molecular weight is 499 g/mol. The van der Waals surface area contributed by atoms with Gasteiger partial charge in [-0.15, -0.1) is 5.47 Å². The second-order valence-electron chi connectivity index (χ2n) is 9.78. The largest absolute Gasteiger partial charge is 0.368 e. The lowest BCUT2D eigenvalue weighted by Gasteiger charge is -2.35. The van der Waals surface area contributed by atoms with Crippen molar-refractivity contribution >= 4 is 47.0 Å². The molecule has 1 aliphatic carbocycles. The lowest BCUT2D eigenvalue weighted by atomic mass is 9.85. The summed E-state index contributed by atoms with van der Waals surface area (Å²) in [5, 5.41) is 10.7. The molecule has 0 N–H and O–H groups in total. The minimum Gasteiger partial charge on any atom is -0.368 e. The van der Waals surface area contributed by atoms with Gasteiger partial charge in [0.2, 0.25) is 0 Å². The van der Waals surface area contributed by atoms with Crippen LogP contribution in [0, 0.1) is 18.3 Å². The van der Waals surface area contributed by atoms with E-state index >= 15 is 0 Å². The van der Waals surface area contributed by atoms with Crippen molar-refractivity contribution in [3.63, 3.8) is 0 Å². The average Bonchev–Trinajstić information content (AvgIpc) is 3.51. The third-order valence-corrected chi connectivity index (χ3v) is 8.47. The van der Waals surface area contributed by atoms with E-state index in [9.17, 15) is 5.26 Å². The van der Waals surface area contributed by atoms with Crippen LogP contribution < -0.4 is 9.80 Å². The van der Waals surface area contributed by atoms with Gasteiger partial charge in [0.15, 0.2) is 5.13 Å². The monoisotopic (exact) mass is 499 g/mol. The van der Waals surface area contributed by atoms with Gasteiger partial charge in [0.1, 0.15) is 30.3 Å². The van der Waals surface area contributed by atoms with E-state index in [0.717, 1.165) is 85.5 Å². The van der Waals surface area contributed by atoms with Crippen LogP contribution in [0.25, 0.3) is 11.2 Å². The van der Waals surface area contributed by atoms with Crippen LogP contribution >= 0.6 is 11.3 Å². The summed E-state index contributed by atoms with van der Waals surface area (Å²) >= 11 is 1.46. The zero-order valence-corrected chi connectivity index (χ0v) is 22.8. The number of hydrogen-bond acceptors (Lipinski definition) is 7. The van der Waals surface area contributed by atoms with Crippen molar-refractivity contribution in [2.45, 2.75) is 40.0 Å². The number of pyridine rings is 1. The number of allylic oxidation sites excluding steroid dienone is 4. The van der Waals surface area contributed by atoms with Crippen LogP contribution in [0.5, 0.6) is 0 Å². The Morgan fingerprint density at radius 3 is 2.56 bits per heavy atom. The highest BCUT2D eigenvalue weighted by Crippen LogP contribution is 2.38. The summed E-state index contributed by atoms with van der Waals surface area (Å²) in [7, 11) is 4.20. The number of thiazole rings is 1. The normalized spacial score (nSPS) is 16.7. The van der Waals surface area contributed by atoms with E-state index in [2.05, 4.69) is 78.2 Å². The van der Waals surface area contributed by atoms with Crippen molar-refractivity contribution in [3.05, 3.63) is 51.7 Å². The molecule has 0 radical (unpaired) electrons. The molecule has 186 valence electrons. The second-order valence-corrected chi connectivity index (χ2v) is 10.8. The van der Waals surface area contributed by atoms with Crippen LogP contribution in [0.4, 0.5) is 16.6 Å². The van der Waals surface area contributed by atoms with Gasteiger partial charge >= 0.3 is 0 Å². The summed E-state index contributed by atoms with van der Waals surface area (Å²) in [6, 6.07) is 4.67. The first-order valence-electron chi connectivity index (χ1n) is 12.9. The maximum atomic E-state index is 9.89. The van der Waals surface area contributed by atoms with E-state index in [4.69, 9.17) is 9.97 Å². The maximum Gasteiger partial charge on any atom is 0.192 e. The molecule has 5 rings (SSSR count). The topological polar surface area (TPSA) is 63.7 Å². The van der Waals surface area contributed by atoms with Crippen molar-refractivity contribution in [2.24, 2.45) is 0 Å². The van der Waals surface area contributed by atoms with E-state index in [1.165, 1.54) is 28.1 Å². The minimum atomic E-state index is 0.675. The molecule has 0 spiro atoms. The first kappa shape index (κ1) is 24.6. The van der Waals surface area contributed by atoms with Crippen LogP contribution in [-0.2, 0) is 6.42 Å². The van der Waals surface area contributed by atoms with Gasteiger partial charge in [0.25, 0.3) is 0 Å². The highest BCUT2D eigenvalue weighted by atomic mass is 32.1. The predicted octanol–water partition coefficient (Wildman–Crippen LogP) is 4.14. The summed E-state index contributed by atoms with van der Waals surface area (Å²) in [6.07, 6.45) is 9.27. The molecule has 1 fully saturated rings. The van der Waals surface area contributed by atoms with Crippen molar-refractivity contribution in [1.29, 1.82) is 5.26 Å². The Labute approximate surface area is 218 Å². The predicted molar refractivity (Wildman–Crippen MR) is 152 cm³/mol. The molecule has 0 amide bonds. The zero-order chi connectivity index (χ0) is 25.4. The molecule has 9 heteroatoms. The first-order valence-corrected chi connectivity index (χ1v) is 13.7. The standard InChI is InChI=1S/C27H34BN7S/c1-5-22-26(32(4)27-31-24(23(16-29)36-27)19-7-9-20(28)10-8-19)35-17-21(15-18(3)25(35)30-22)34-13-11-33(6-2)12-14-34/h7,9,15,17H,5-6,8,10-14,28H2,1-4H3. The fourth-order valence-electron chi connectivity index (χ4n) is 5.19. The van der Waals surface area contributed by atoms with Gasteiger partial charge in [-0.2, -0.15) is 5.26 Å². The number of piperazine rings is 1. The molecule has 0 bridgehead atoms. The minimum absolute atomic E-state index is 0.675. The number of hydrogen-bond donors (Lipinski definition) is 0. The summed E-state index contributed by atoms with van der Waals surface area (Å²) in [4.78, 5) is 17.8. The molecule has 2 aliphatic rings. The lowest BCUT2D eigenvalue weighted by molar-refractivity contribution is 0.271. The van der Waals surface area contributed by atoms with Gasteiger partial charge in [-0.1, -0.05) is 37.3 Å².